The monoisotopic (exact) mass is 358 g/mol. The fourth-order valence-corrected chi connectivity index (χ4v) is 2.29. The molecule has 24 heavy (non-hydrogen) atoms. The van der Waals surface area contributed by atoms with Crippen LogP contribution in [0.15, 0.2) is 30.3 Å². The van der Waals surface area contributed by atoms with E-state index in [1.807, 2.05) is 0 Å². The molecule has 0 atom stereocenters. The number of aromatic nitrogens is 1. The number of alkyl halides is 3. The number of carboxylic acids is 1. The molecule has 128 valence electrons. The van der Waals surface area contributed by atoms with Gasteiger partial charge in [-0.15, -0.1) is 0 Å². The molecule has 1 aromatic heterocycles. The minimum atomic E-state index is -4.90. The van der Waals surface area contributed by atoms with Gasteiger partial charge < -0.3 is 10.4 Å². The number of pyridine rings is 1. The number of carboxylic acid groups (broad SMARTS) is 1. The van der Waals surface area contributed by atoms with Crippen LogP contribution < -0.4 is 5.32 Å². The SMILES string of the molecule is CC(C)Nc1cc(-c2ccc(Cl)cc2)nc(C(F)(F)F)c1C(=O)O. The lowest BCUT2D eigenvalue weighted by Crippen LogP contribution is -2.20. The molecule has 0 radical (unpaired) electrons. The van der Waals surface area contributed by atoms with E-state index in [0.29, 0.717) is 10.6 Å². The van der Waals surface area contributed by atoms with E-state index in [9.17, 15) is 23.1 Å². The molecule has 0 bridgehead atoms. The molecule has 4 nitrogen and oxygen atoms in total. The van der Waals surface area contributed by atoms with Crippen LogP contribution in [-0.4, -0.2) is 22.1 Å². The van der Waals surface area contributed by atoms with Crippen LogP contribution >= 0.6 is 11.6 Å². The van der Waals surface area contributed by atoms with E-state index in [1.54, 1.807) is 13.8 Å². The molecule has 0 aliphatic carbocycles. The highest BCUT2D eigenvalue weighted by molar-refractivity contribution is 6.30. The number of halogens is 4. The molecule has 8 heteroatoms. The van der Waals surface area contributed by atoms with E-state index >= 15 is 0 Å². The number of nitrogens with zero attached hydrogens (tertiary/aromatic N) is 1. The largest absolute Gasteiger partial charge is 0.478 e. The Hall–Kier alpha value is -2.28. The zero-order chi connectivity index (χ0) is 18.1. The minimum absolute atomic E-state index is 0.00661. The highest BCUT2D eigenvalue weighted by Crippen LogP contribution is 2.36. The summed E-state index contributed by atoms with van der Waals surface area (Å²) in [7, 11) is 0. The highest BCUT2D eigenvalue weighted by Gasteiger charge is 2.39. The van der Waals surface area contributed by atoms with Crippen molar-refractivity contribution in [2.24, 2.45) is 0 Å². The maximum Gasteiger partial charge on any atom is 0.434 e. The summed E-state index contributed by atoms with van der Waals surface area (Å²) in [6.45, 7) is 3.39. The van der Waals surface area contributed by atoms with Crippen LogP contribution in [0.2, 0.25) is 5.02 Å². The molecule has 2 aromatic rings. The van der Waals surface area contributed by atoms with Gasteiger partial charge in [0.1, 0.15) is 5.56 Å². The normalized spacial score (nSPS) is 11.6. The number of aromatic carboxylic acids is 1. The van der Waals surface area contributed by atoms with Gasteiger partial charge in [-0.25, -0.2) is 9.78 Å². The minimum Gasteiger partial charge on any atom is -0.478 e. The van der Waals surface area contributed by atoms with Gasteiger partial charge in [-0.2, -0.15) is 13.2 Å². The molecule has 0 saturated heterocycles. The molecule has 0 saturated carbocycles. The van der Waals surface area contributed by atoms with Crippen LogP contribution in [0.3, 0.4) is 0 Å². The number of hydrogen-bond acceptors (Lipinski definition) is 3. The van der Waals surface area contributed by atoms with Crippen LogP contribution in [-0.2, 0) is 6.18 Å². The second-order valence-electron chi connectivity index (χ2n) is 5.39. The number of hydrogen-bond donors (Lipinski definition) is 2. The Morgan fingerprint density at radius 1 is 1.25 bits per heavy atom. The van der Waals surface area contributed by atoms with Gasteiger partial charge in [0.2, 0.25) is 0 Å². The van der Waals surface area contributed by atoms with Crippen molar-refractivity contribution < 1.29 is 23.1 Å². The summed E-state index contributed by atoms with van der Waals surface area (Å²) in [6, 6.07) is 7.11. The Morgan fingerprint density at radius 3 is 2.29 bits per heavy atom. The van der Waals surface area contributed by atoms with Gasteiger partial charge in [-0.1, -0.05) is 23.7 Å². The van der Waals surface area contributed by atoms with Crippen molar-refractivity contribution in [1.29, 1.82) is 0 Å². The van der Waals surface area contributed by atoms with E-state index in [1.165, 1.54) is 30.3 Å². The smallest absolute Gasteiger partial charge is 0.434 e. The van der Waals surface area contributed by atoms with Gasteiger partial charge in [0.25, 0.3) is 0 Å². The fourth-order valence-electron chi connectivity index (χ4n) is 2.16. The number of benzene rings is 1. The van der Waals surface area contributed by atoms with Crippen LogP contribution in [0.1, 0.15) is 29.9 Å². The molecule has 0 spiro atoms. The van der Waals surface area contributed by atoms with E-state index in [4.69, 9.17) is 11.6 Å². The maximum absolute atomic E-state index is 13.3. The summed E-state index contributed by atoms with van der Waals surface area (Å²) >= 11 is 5.78. The summed E-state index contributed by atoms with van der Waals surface area (Å²) in [5, 5.41) is 12.4. The van der Waals surface area contributed by atoms with Crippen LogP contribution in [0.25, 0.3) is 11.3 Å². The average Bonchev–Trinajstić information content (AvgIpc) is 2.45. The van der Waals surface area contributed by atoms with Crippen LogP contribution in [0.4, 0.5) is 18.9 Å². The van der Waals surface area contributed by atoms with Gasteiger partial charge in [0.15, 0.2) is 5.69 Å². The second kappa shape index (κ2) is 6.68. The fraction of sp³-hybridized carbons (Fsp3) is 0.250. The van der Waals surface area contributed by atoms with Crippen molar-refractivity contribution in [1.82, 2.24) is 4.98 Å². The highest BCUT2D eigenvalue weighted by atomic mass is 35.5. The Kier molecular flexibility index (Phi) is 5.03. The van der Waals surface area contributed by atoms with Crippen molar-refractivity contribution >= 4 is 23.3 Å². The third-order valence-electron chi connectivity index (χ3n) is 3.09. The molecule has 0 amide bonds. The van der Waals surface area contributed by atoms with E-state index in [2.05, 4.69) is 10.3 Å². The lowest BCUT2D eigenvalue weighted by atomic mass is 10.0. The molecule has 0 aliphatic rings. The Bertz CT molecular complexity index is 759. The number of nitrogens with one attached hydrogen (secondary N) is 1. The summed E-state index contributed by atoms with van der Waals surface area (Å²) in [5.41, 5.74) is -2.06. The van der Waals surface area contributed by atoms with Gasteiger partial charge in [0, 0.05) is 16.6 Å². The molecular weight excluding hydrogens is 345 g/mol. The van der Waals surface area contributed by atoms with Gasteiger partial charge in [-0.3, -0.25) is 0 Å². The van der Waals surface area contributed by atoms with Gasteiger partial charge in [0.05, 0.1) is 11.4 Å². The van der Waals surface area contributed by atoms with Crippen molar-refractivity contribution in [3.8, 4) is 11.3 Å². The molecule has 0 unspecified atom stereocenters. The molecular formula is C16H14ClF3N2O2. The summed E-state index contributed by atoms with van der Waals surface area (Å²) in [5.74, 6) is -1.69. The topological polar surface area (TPSA) is 62.2 Å². The first-order valence-corrected chi connectivity index (χ1v) is 7.35. The van der Waals surface area contributed by atoms with Crippen molar-refractivity contribution in [3.63, 3.8) is 0 Å². The van der Waals surface area contributed by atoms with Crippen LogP contribution in [0, 0.1) is 0 Å². The lowest BCUT2D eigenvalue weighted by molar-refractivity contribution is -0.141. The Labute approximate surface area is 141 Å². The van der Waals surface area contributed by atoms with Gasteiger partial charge in [-0.05, 0) is 32.0 Å². The molecule has 2 N–H and O–H groups in total. The summed E-state index contributed by atoms with van der Waals surface area (Å²) in [4.78, 5) is 14.9. The predicted octanol–water partition coefficient (Wildman–Crippen LogP) is 4.94. The molecule has 1 aromatic carbocycles. The third kappa shape index (κ3) is 3.97. The number of carbonyl (C=O) groups is 1. The standard InChI is InChI=1S/C16H14ClF3N2O2/c1-8(2)21-12-7-11(9-3-5-10(17)6-4-9)22-14(16(18,19)20)13(12)15(23)24/h3-8H,1-2H3,(H,21,22)(H,23,24). The van der Waals surface area contributed by atoms with E-state index in [0.717, 1.165) is 0 Å². The molecule has 2 rings (SSSR count). The van der Waals surface area contributed by atoms with Crippen molar-refractivity contribution in [2.45, 2.75) is 26.1 Å². The van der Waals surface area contributed by atoms with E-state index in [-0.39, 0.29) is 17.4 Å². The first-order chi connectivity index (χ1) is 11.1. The van der Waals surface area contributed by atoms with Crippen molar-refractivity contribution in [3.05, 3.63) is 46.6 Å². The Morgan fingerprint density at radius 2 is 1.83 bits per heavy atom. The first kappa shape index (κ1) is 18.1. The molecule has 0 aliphatic heterocycles. The van der Waals surface area contributed by atoms with Crippen molar-refractivity contribution in [2.75, 3.05) is 5.32 Å². The van der Waals surface area contributed by atoms with Crippen LogP contribution in [0.5, 0.6) is 0 Å². The summed E-state index contributed by atoms with van der Waals surface area (Å²) in [6.07, 6.45) is -4.90. The summed E-state index contributed by atoms with van der Waals surface area (Å²) < 4.78 is 39.9. The quantitative estimate of drug-likeness (QED) is 0.812. The Balaban J connectivity index is 2.74. The number of rotatable bonds is 4. The third-order valence-corrected chi connectivity index (χ3v) is 3.34. The lowest BCUT2D eigenvalue weighted by Gasteiger charge is -2.18. The molecule has 0 fully saturated rings. The second-order valence-corrected chi connectivity index (χ2v) is 5.82. The average molecular weight is 359 g/mol. The predicted molar refractivity (Wildman–Crippen MR) is 85.4 cm³/mol. The van der Waals surface area contributed by atoms with Gasteiger partial charge >= 0.3 is 12.1 Å². The van der Waals surface area contributed by atoms with E-state index < -0.39 is 23.4 Å². The maximum atomic E-state index is 13.3. The molecule has 1 heterocycles. The zero-order valence-electron chi connectivity index (χ0n) is 12.8. The first-order valence-electron chi connectivity index (χ1n) is 6.97. The number of anilines is 1. The zero-order valence-corrected chi connectivity index (χ0v) is 13.5.